The zero-order chi connectivity index (χ0) is 13.8. The standard InChI is InChI=1S/C14H24N2O3/c1-11-4-2-3-5-12(11)15-6-8-16(9-7-15)13(17)10-14(18)19/h11-12H,2-10H2,1H3,(H,18,19)/t11-,12+/m1/s1. The second kappa shape index (κ2) is 6.37. The summed E-state index contributed by atoms with van der Waals surface area (Å²) in [5, 5.41) is 8.65. The largest absolute Gasteiger partial charge is 0.481 e. The Morgan fingerprint density at radius 2 is 1.74 bits per heavy atom. The summed E-state index contributed by atoms with van der Waals surface area (Å²) in [6.07, 6.45) is 4.86. The van der Waals surface area contributed by atoms with Gasteiger partial charge in [-0.25, -0.2) is 0 Å². The van der Waals surface area contributed by atoms with E-state index in [1.807, 2.05) is 0 Å². The normalized spacial score (nSPS) is 29.2. The molecule has 0 aromatic carbocycles. The van der Waals surface area contributed by atoms with Crippen molar-refractivity contribution in [1.29, 1.82) is 0 Å². The number of piperazine rings is 1. The van der Waals surface area contributed by atoms with Crippen LogP contribution in [0.1, 0.15) is 39.0 Å². The Hall–Kier alpha value is -1.10. The number of carbonyl (C=O) groups excluding carboxylic acids is 1. The number of hydrogen-bond acceptors (Lipinski definition) is 3. The van der Waals surface area contributed by atoms with E-state index in [1.165, 1.54) is 25.7 Å². The molecule has 2 rings (SSSR count). The number of amides is 1. The van der Waals surface area contributed by atoms with E-state index >= 15 is 0 Å². The molecule has 2 fully saturated rings. The molecule has 19 heavy (non-hydrogen) atoms. The van der Waals surface area contributed by atoms with Crippen molar-refractivity contribution in [3.05, 3.63) is 0 Å². The third-order valence-electron chi connectivity index (χ3n) is 4.50. The van der Waals surface area contributed by atoms with Crippen LogP contribution in [-0.4, -0.2) is 59.0 Å². The van der Waals surface area contributed by atoms with Crippen LogP contribution in [0.25, 0.3) is 0 Å². The Balaban J connectivity index is 1.81. The first kappa shape index (κ1) is 14.3. The van der Waals surface area contributed by atoms with Crippen LogP contribution in [0.5, 0.6) is 0 Å². The van der Waals surface area contributed by atoms with Crippen LogP contribution in [0.3, 0.4) is 0 Å². The first-order valence-corrected chi connectivity index (χ1v) is 7.31. The molecule has 0 radical (unpaired) electrons. The Morgan fingerprint density at radius 1 is 1.11 bits per heavy atom. The van der Waals surface area contributed by atoms with Crippen molar-refractivity contribution in [2.24, 2.45) is 5.92 Å². The molecule has 1 N–H and O–H groups in total. The summed E-state index contributed by atoms with van der Waals surface area (Å²) in [6.45, 7) is 5.46. The smallest absolute Gasteiger partial charge is 0.312 e. The van der Waals surface area contributed by atoms with Crippen molar-refractivity contribution in [1.82, 2.24) is 9.80 Å². The van der Waals surface area contributed by atoms with E-state index in [2.05, 4.69) is 11.8 Å². The molecule has 2 aliphatic rings. The maximum Gasteiger partial charge on any atom is 0.312 e. The molecule has 108 valence electrons. The van der Waals surface area contributed by atoms with Gasteiger partial charge in [0.15, 0.2) is 0 Å². The minimum atomic E-state index is -1.03. The Kier molecular flexibility index (Phi) is 4.80. The SMILES string of the molecule is C[C@@H]1CCCC[C@@H]1N1CCN(C(=O)CC(=O)O)CC1. The molecule has 1 aliphatic heterocycles. The highest BCUT2D eigenvalue weighted by Gasteiger charge is 2.30. The van der Waals surface area contributed by atoms with Crippen molar-refractivity contribution < 1.29 is 14.7 Å². The third-order valence-corrected chi connectivity index (χ3v) is 4.50. The number of carbonyl (C=O) groups is 2. The molecular formula is C14H24N2O3. The predicted octanol–water partition coefficient (Wildman–Crippen LogP) is 1.18. The van der Waals surface area contributed by atoms with E-state index in [9.17, 15) is 9.59 Å². The molecule has 1 saturated heterocycles. The van der Waals surface area contributed by atoms with E-state index in [1.54, 1.807) is 4.90 Å². The van der Waals surface area contributed by atoms with E-state index < -0.39 is 5.97 Å². The topological polar surface area (TPSA) is 60.9 Å². The van der Waals surface area contributed by atoms with Gasteiger partial charge >= 0.3 is 5.97 Å². The molecule has 5 nitrogen and oxygen atoms in total. The van der Waals surface area contributed by atoms with E-state index in [0.29, 0.717) is 19.1 Å². The quantitative estimate of drug-likeness (QED) is 0.781. The summed E-state index contributed by atoms with van der Waals surface area (Å²) >= 11 is 0. The average Bonchev–Trinajstić information content (AvgIpc) is 2.39. The van der Waals surface area contributed by atoms with E-state index in [0.717, 1.165) is 19.0 Å². The molecule has 0 aromatic rings. The van der Waals surface area contributed by atoms with Crippen molar-refractivity contribution in [2.45, 2.75) is 45.1 Å². The molecular weight excluding hydrogens is 244 g/mol. The zero-order valence-electron chi connectivity index (χ0n) is 11.7. The van der Waals surface area contributed by atoms with Crippen molar-refractivity contribution in [3.63, 3.8) is 0 Å². The highest BCUT2D eigenvalue weighted by Crippen LogP contribution is 2.28. The van der Waals surface area contributed by atoms with Gasteiger partial charge in [0, 0.05) is 32.2 Å². The monoisotopic (exact) mass is 268 g/mol. The lowest BCUT2D eigenvalue weighted by atomic mass is 9.84. The molecule has 1 aliphatic carbocycles. The molecule has 0 unspecified atom stereocenters. The highest BCUT2D eigenvalue weighted by molar-refractivity contribution is 5.93. The second-order valence-electron chi connectivity index (χ2n) is 5.82. The molecule has 0 bridgehead atoms. The number of nitrogens with zero attached hydrogens (tertiary/aromatic N) is 2. The molecule has 1 saturated carbocycles. The summed E-state index contributed by atoms with van der Waals surface area (Å²) in [7, 11) is 0. The van der Waals surface area contributed by atoms with Crippen LogP contribution in [0.2, 0.25) is 0 Å². The number of aliphatic carboxylic acids is 1. The second-order valence-corrected chi connectivity index (χ2v) is 5.82. The van der Waals surface area contributed by atoms with Crippen LogP contribution < -0.4 is 0 Å². The number of carboxylic acid groups (broad SMARTS) is 1. The van der Waals surface area contributed by atoms with Crippen LogP contribution in [0.4, 0.5) is 0 Å². The van der Waals surface area contributed by atoms with Gasteiger partial charge in [0.1, 0.15) is 6.42 Å². The first-order valence-electron chi connectivity index (χ1n) is 7.31. The third kappa shape index (κ3) is 3.69. The van der Waals surface area contributed by atoms with Gasteiger partial charge in [-0.2, -0.15) is 0 Å². The molecule has 0 aromatic heterocycles. The van der Waals surface area contributed by atoms with Crippen LogP contribution in [0.15, 0.2) is 0 Å². The van der Waals surface area contributed by atoms with Crippen molar-refractivity contribution in [3.8, 4) is 0 Å². The molecule has 2 atom stereocenters. The fourth-order valence-electron chi connectivity index (χ4n) is 3.38. The molecule has 5 heteroatoms. The maximum atomic E-state index is 11.7. The number of hydrogen-bond donors (Lipinski definition) is 1. The predicted molar refractivity (Wildman–Crippen MR) is 71.8 cm³/mol. The summed E-state index contributed by atoms with van der Waals surface area (Å²) in [5.41, 5.74) is 0. The minimum absolute atomic E-state index is 0.246. The van der Waals surface area contributed by atoms with E-state index in [-0.39, 0.29) is 12.3 Å². The molecule has 1 heterocycles. The molecule has 0 spiro atoms. The van der Waals surface area contributed by atoms with Crippen LogP contribution in [-0.2, 0) is 9.59 Å². The maximum absolute atomic E-state index is 11.7. The van der Waals surface area contributed by atoms with Crippen LogP contribution >= 0.6 is 0 Å². The summed E-state index contributed by atoms with van der Waals surface area (Å²) in [5.74, 6) is -0.535. The van der Waals surface area contributed by atoms with Crippen molar-refractivity contribution in [2.75, 3.05) is 26.2 Å². The summed E-state index contributed by atoms with van der Waals surface area (Å²) in [6, 6.07) is 0.658. The summed E-state index contributed by atoms with van der Waals surface area (Å²) in [4.78, 5) is 26.4. The van der Waals surface area contributed by atoms with Gasteiger partial charge in [0.2, 0.25) is 5.91 Å². The van der Waals surface area contributed by atoms with Gasteiger partial charge in [-0.3, -0.25) is 14.5 Å². The fraction of sp³-hybridized carbons (Fsp3) is 0.857. The first-order chi connectivity index (χ1) is 9.08. The lowest BCUT2D eigenvalue weighted by Gasteiger charge is -2.43. The van der Waals surface area contributed by atoms with Gasteiger partial charge in [-0.15, -0.1) is 0 Å². The Morgan fingerprint density at radius 3 is 2.32 bits per heavy atom. The highest BCUT2D eigenvalue weighted by atomic mass is 16.4. The Bertz CT molecular complexity index is 338. The molecule has 1 amide bonds. The fourth-order valence-corrected chi connectivity index (χ4v) is 3.38. The van der Waals surface area contributed by atoms with Crippen LogP contribution in [0, 0.1) is 5.92 Å². The Labute approximate surface area is 114 Å². The van der Waals surface area contributed by atoms with Gasteiger partial charge < -0.3 is 10.0 Å². The van der Waals surface area contributed by atoms with Gasteiger partial charge in [0.25, 0.3) is 0 Å². The van der Waals surface area contributed by atoms with Gasteiger partial charge in [-0.05, 0) is 18.8 Å². The zero-order valence-corrected chi connectivity index (χ0v) is 11.7. The average molecular weight is 268 g/mol. The van der Waals surface area contributed by atoms with Crippen molar-refractivity contribution >= 4 is 11.9 Å². The summed E-state index contributed by atoms with van der Waals surface area (Å²) < 4.78 is 0. The van der Waals surface area contributed by atoms with E-state index in [4.69, 9.17) is 5.11 Å². The minimum Gasteiger partial charge on any atom is -0.481 e. The number of rotatable bonds is 3. The van der Waals surface area contributed by atoms with Gasteiger partial charge in [0.05, 0.1) is 0 Å². The lowest BCUT2D eigenvalue weighted by Crippen LogP contribution is -2.54. The lowest BCUT2D eigenvalue weighted by molar-refractivity contribution is -0.145. The number of carboxylic acids is 1. The van der Waals surface area contributed by atoms with Gasteiger partial charge in [-0.1, -0.05) is 19.8 Å².